The SMILES string of the molecule is C[C@](I)(c1c(F)cc2ncccc2c1F)c1cnc2ccc(Cl)nn12. The van der Waals surface area contributed by atoms with Crippen molar-refractivity contribution in [1.82, 2.24) is 19.6 Å². The zero-order valence-corrected chi connectivity index (χ0v) is 15.8. The van der Waals surface area contributed by atoms with Gasteiger partial charge in [-0.3, -0.25) is 4.98 Å². The number of rotatable bonds is 2. The number of alkyl halides is 1. The predicted molar refractivity (Wildman–Crippen MR) is 100 cm³/mol. The Bertz CT molecular complexity index is 1130. The molecule has 0 N–H and O–H groups in total. The van der Waals surface area contributed by atoms with Gasteiger partial charge >= 0.3 is 0 Å². The third-order valence-corrected chi connectivity index (χ3v) is 5.37. The molecule has 0 saturated carbocycles. The minimum Gasteiger partial charge on any atom is -0.256 e. The second kappa shape index (κ2) is 5.84. The molecule has 0 aliphatic carbocycles. The van der Waals surface area contributed by atoms with E-state index in [9.17, 15) is 4.39 Å². The summed E-state index contributed by atoms with van der Waals surface area (Å²) in [5.41, 5.74) is 1.27. The monoisotopic (exact) mass is 470 g/mol. The van der Waals surface area contributed by atoms with Crippen molar-refractivity contribution in [1.29, 1.82) is 0 Å². The molecule has 0 fully saturated rings. The molecule has 0 amide bonds. The van der Waals surface area contributed by atoms with E-state index in [4.69, 9.17) is 11.6 Å². The summed E-state index contributed by atoms with van der Waals surface area (Å²) in [4.78, 5) is 8.27. The van der Waals surface area contributed by atoms with Gasteiger partial charge in [-0.05, 0) is 31.2 Å². The fourth-order valence-corrected chi connectivity index (χ4v) is 3.88. The number of pyridine rings is 1. The normalized spacial score (nSPS) is 14.1. The fraction of sp³-hybridized carbons (Fsp3) is 0.118. The molecule has 4 nitrogen and oxygen atoms in total. The third-order valence-electron chi connectivity index (χ3n) is 4.08. The van der Waals surface area contributed by atoms with Crippen molar-refractivity contribution in [3.63, 3.8) is 0 Å². The zero-order chi connectivity index (χ0) is 17.8. The van der Waals surface area contributed by atoms with Crippen LogP contribution in [0.3, 0.4) is 0 Å². The predicted octanol–water partition coefficient (Wildman–Crippen LogP) is 4.91. The summed E-state index contributed by atoms with van der Waals surface area (Å²) >= 11 is 7.97. The topological polar surface area (TPSA) is 43.1 Å². The molecule has 1 aromatic carbocycles. The molecule has 0 spiro atoms. The molecule has 3 heterocycles. The van der Waals surface area contributed by atoms with Gasteiger partial charge in [0, 0.05) is 23.2 Å². The second-order valence-electron chi connectivity index (χ2n) is 5.69. The lowest BCUT2D eigenvalue weighted by atomic mass is 9.95. The largest absolute Gasteiger partial charge is 0.256 e. The first-order valence-corrected chi connectivity index (χ1v) is 8.78. The molecule has 25 heavy (non-hydrogen) atoms. The van der Waals surface area contributed by atoms with Crippen molar-refractivity contribution < 1.29 is 8.78 Å². The minimum atomic E-state index is -1.06. The van der Waals surface area contributed by atoms with Crippen molar-refractivity contribution in [2.75, 3.05) is 0 Å². The number of benzene rings is 1. The minimum absolute atomic E-state index is 0.0721. The van der Waals surface area contributed by atoms with Crippen LogP contribution in [0.4, 0.5) is 8.78 Å². The van der Waals surface area contributed by atoms with Gasteiger partial charge in [0.25, 0.3) is 0 Å². The lowest BCUT2D eigenvalue weighted by Crippen LogP contribution is -2.22. The van der Waals surface area contributed by atoms with E-state index in [1.165, 1.54) is 16.8 Å². The Hall–Kier alpha value is -1.87. The summed E-state index contributed by atoms with van der Waals surface area (Å²) in [6, 6.07) is 7.75. The van der Waals surface area contributed by atoms with Gasteiger partial charge in [0.05, 0.1) is 20.8 Å². The van der Waals surface area contributed by atoms with Gasteiger partial charge in [-0.15, -0.1) is 0 Å². The van der Waals surface area contributed by atoms with E-state index in [1.807, 2.05) is 22.6 Å². The summed E-state index contributed by atoms with van der Waals surface area (Å²) in [6.07, 6.45) is 3.05. The van der Waals surface area contributed by atoms with Crippen LogP contribution in [0.2, 0.25) is 5.15 Å². The fourth-order valence-electron chi connectivity index (χ4n) is 2.88. The molecule has 8 heteroatoms. The average Bonchev–Trinajstić information content (AvgIpc) is 2.98. The summed E-state index contributed by atoms with van der Waals surface area (Å²) in [5, 5.41) is 4.74. The van der Waals surface area contributed by atoms with Gasteiger partial charge < -0.3 is 0 Å². The van der Waals surface area contributed by atoms with Crippen LogP contribution >= 0.6 is 34.2 Å². The van der Waals surface area contributed by atoms with Crippen LogP contribution in [-0.2, 0) is 3.42 Å². The van der Waals surface area contributed by atoms with E-state index >= 15 is 4.39 Å². The van der Waals surface area contributed by atoms with Crippen LogP contribution < -0.4 is 0 Å². The molecule has 0 aliphatic rings. The number of aromatic nitrogens is 4. The molecule has 0 unspecified atom stereocenters. The number of hydrogen-bond acceptors (Lipinski definition) is 3. The highest BCUT2D eigenvalue weighted by Gasteiger charge is 2.36. The van der Waals surface area contributed by atoms with Crippen LogP contribution in [-0.4, -0.2) is 19.6 Å². The first-order chi connectivity index (χ1) is 11.9. The van der Waals surface area contributed by atoms with Crippen LogP contribution in [0.5, 0.6) is 0 Å². The van der Waals surface area contributed by atoms with Crippen molar-refractivity contribution in [3.05, 3.63) is 70.8 Å². The summed E-state index contributed by atoms with van der Waals surface area (Å²) in [7, 11) is 0. The highest BCUT2D eigenvalue weighted by atomic mass is 127. The molecule has 0 saturated heterocycles. The molecule has 0 bridgehead atoms. The first kappa shape index (κ1) is 16.6. The zero-order valence-electron chi connectivity index (χ0n) is 12.8. The number of nitrogens with zero attached hydrogens (tertiary/aromatic N) is 4. The Kier molecular flexibility index (Phi) is 3.88. The first-order valence-electron chi connectivity index (χ1n) is 7.32. The van der Waals surface area contributed by atoms with Gasteiger partial charge in [0.1, 0.15) is 16.8 Å². The van der Waals surface area contributed by atoms with Crippen molar-refractivity contribution >= 4 is 50.7 Å². The quantitative estimate of drug-likeness (QED) is 0.309. The van der Waals surface area contributed by atoms with E-state index < -0.39 is 15.1 Å². The van der Waals surface area contributed by atoms with Gasteiger partial charge in [-0.2, -0.15) is 5.10 Å². The van der Waals surface area contributed by atoms with Crippen molar-refractivity contribution in [3.8, 4) is 0 Å². The highest BCUT2D eigenvalue weighted by molar-refractivity contribution is 14.1. The van der Waals surface area contributed by atoms with Gasteiger partial charge in [-0.1, -0.05) is 34.2 Å². The van der Waals surface area contributed by atoms with E-state index in [1.54, 1.807) is 37.4 Å². The lowest BCUT2D eigenvalue weighted by Gasteiger charge is -2.24. The van der Waals surface area contributed by atoms with E-state index in [2.05, 4.69) is 15.1 Å². The highest BCUT2D eigenvalue weighted by Crippen LogP contribution is 2.42. The Labute approximate surface area is 160 Å². The molecule has 0 radical (unpaired) electrons. The summed E-state index contributed by atoms with van der Waals surface area (Å²) < 4.78 is 30.4. The Morgan fingerprint density at radius 2 is 2.00 bits per heavy atom. The van der Waals surface area contributed by atoms with Crippen molar-refractivity contribution in [2.45, 2.75) is 10.3 Å². The molecule has 126 valence electrons. The van der Waals surface area contributed by atoms with Crippen LogP contribution in [0.15, 0.2) is 42.7 Å². The molecule has 0 aliphatic heterocycles. The number of halogens is 4. The molecule has 3 aromatic heterocycles. The summed E-state index contributed by atoms with van der Waals surface area (Å²) in [5.74, 6) is -1.31. The third kappa shape index (κ3) is 2.56. The summed E-state index contributed by atoms with van der Waals surface area (Å²) in [6.45, 7) is 1.71. The second-order valence-corrected chi connectivity index (χ2v) is 8.23. The van der Waals surface area contributed by atoms with E-state index in [0.29, 0.717) is 11.3 Å². The van der Waals surface area contributed by atoms with Gasteiger partial charge in [0.2, 0.25) is 0 Å². The number of fused-ring (bicyclic) bond motifs is 2. The Morgan fingerprint density at radius 3 is 2.80 bits per heavy atom. The van der Waals surface area contributed by atoms with E-state index in [-0.39, 0.29) is 21.6 Å². The maximum absolute atomic E-state index is 15.1. The van der Waals surface area contributed by atoms with Crippen molar-refractivity contribution in [2.24, 2.45) is 0 Å². The Morgan fingerprint density at radius 1 is 1.20 bits per heavy atom. The molecule has 4 aromatic rings. The molecule has 1 atom stereocenters. The number of imidazole rings is 1. The number of hydrogen-bond donors (Lipinski definition) is 0. The lowest BCUT2D eigenvalue weighted by molar-refractivity contribution is 0.545. The molecule has 4 rings (SSSR count). The standard InChI is InChI=1S/C17H10ClF2IN4/c1-17(21,12-8-23-14-5-4-13(18)24-25(12)14)15-10(19)7-11-9(16(15)20)3-2-6-22-11/h2-8H,1H3/t17-/m1/s1. The van der Waals surface area contributed by atoms with Gasteiger partial charge in [0.15, 0.2) is 5.65 Å². The van der Waals surface area contributed by atoms with Crippen LogP contribution in [0.1, 0.15) is 18.2 Å². The Balaban J connectivity index is 2.02. The maximum atomic E-state index is 15.1. The smallest absolute Gasteiger partial charge is 0.153 e. The maximum Gasteiger partial charge on any atom is 0.153 e. The average molecular weight is 471 g/mol. The molecular weight excluding hydrogens is 461 g/mol. The van der Waals surface area contributed by atoms with Gasteiger partial charge in [-0.25, -0.2) is 18.3 Å². The van der Waals surface area contributed by atoms with E-state index in [0.717, 1.165) is 0 Å². The molecular formula is C17H10ClF2IN4. The van der Waals surface area contributed by atoms with Crippen LogP contribution in [0, 0.1) is 11.6 Å². The van der Waals surface area contributed by atoms with Crippen LogP contribution in [0.25, 0.3) is 16.6 Å².